The summed E-state index contributed by atoms with van der Waals surface area (Å²) in [5, 5.41) is 5.81. The number of rotatable bonds is 7. The van der Waals surface area contributed by atoms with E-state index in [4.69, 9.17) is 0 Å². The van der Waals surface area contributed by atoms with E-state index < -0.39 is 0 Å². The second-order valence-electron chi connectivity index (χ2n) is 6.98. The summed E-state index contributed by atoms with van der Waals surface area (Å²) >= 11 is 0. The molecule has 2 N–H and O–H groups in total. The number of amides is 2. The number of piperazine rings is 1. The quantitative estimate of drug-likeness (QED) is 0.677. The lowest BCUT2D eigenvalue weighted by Crippen LogP contribution is -2.49. The molecule has 0 radical (unpaired) electrons. The van der Waals surface area contributed by atoms with Crippen molar-refractivity contribution in [1.29, 1.82) is 0 Å². The topological polar surface area (TPSA) is 64.7 Å². The van der Waals surface area contributed by atoms with Crippen LogP contribution in [0.4, 0.5) is 11.4 Å². The second kappa shape index (κ2) is 13.1. The average molecular weight is 453 g/mol. The van der Waals surface area contributed by atoms with Crippen LogP contribution in [0.1, 0.15) is 12.0 Å². The number of nitrogens with zero attached hydrogens (tertiary/aromatic N) is 2. The zero-order valence-corrected chi connectivity index (χ0v) is 18.8. The normalized spacial score (nSPS) is 13.1. The molecule has 0 atom stereocenters. The molecule has 0 aliphatic carbocycles. The minimum Gasteiger partial charge on any atom is -0.368 e. The van der Waals surface area contributed by atoms with Gasteiger partial charge in [-0.3, -0.25) is 9.59 Å². The molecule has 1 saturated heterocycles. The first kappa shape index (κ1) is 25.8. The molecule has 6 nitrogen and oxygen atoms in total. The highest BCUT2D eigenvalue weighted by atomic mass is 35.5. The first-order valence-electron chi connectivity index (χ1n) is 9.77. The third-order valence-corrected chi connectivity index (χ3v) is 4.95. The maximum Gasteiger partial charge on any atom is 0.227 e. The van der Waals surface area contributed by atoms with Crippen molar-refractivity contribution in [3.05, 3.63) is 60.2 Å². The highest BCUT2D eigenvalue weighted by Crippen LogP contribution is 2.17. The molecule has 0 bridgehead atoms. The van der Waals surface area contributed by atoms with Crippen molar-refractivity contribution in [2.75, 3.05) is 50.0 Å². The summed E-state index contributed by atoms with van der Waals surface area (Å²) in [5.41, 5.74) is 2.93. The van der Waals surface area contributed by atoms with Crippen molar-refractivity contribution in [2.24, 2.45) is 0 Å². The Balaban J connectivity index is 0.00000225. The molecule has 8 heteroatoms. The minimum absolute atomic E-state index is 0. The molecule has 0 saturated carbocycles. The molecule has 164 valence electrons. The molecule has 1 aliphatic rings. The Morgan fingerprint density at radius 1 is 0.900 bits per heavy atom. The van der Waals surface area contributed by atoms with Gasteiger partial charge in [-0.25, -0.2) is 0 Å². The van der Waals surface area contributed by atoms with Gasteiger partial charge in [-0.2, -0.15) is 0 Å². The molecule has 30 heavy (non-hydrogen) atoms. The highest BCUT2D eigenvalue weighted by Gasteiger charge is 2.21. The third kappa shape index (κ3) is 7.52. The predicted molar refractivity (Wildman–Crippen MR) is 127 cm³/mol. The van der Waals surface area contributed by atoms with Crippen molar-refractivity contribution >= 4 is 48.0 Å². The van der Waals surface area contributed by atoms with E-state index in [0.29, 0.717) is 19.4 Å². The van der Waals surface area contributed by atoms with E-state index in [0.717, 1.165) is 37.4 Å². The fourth-order valence-corrected chi connectivity index (χ4v) is 3.31. The van der Waals surface area contributed by atoms with Crippen LogP contribution < -0.4 is 15.5 Å². The van der Waals surface area contributed by atoms with Crippen LogP contribution in [0.2, 0.25) is 0 Å². The van der Waals surface area contributed by atoms with Crippen molar-refractivity contribution in [2.45, 2.75) is 12.8 Å². The number of halogens is 2. The number of hydrogen-bond donors (Lipinski definition) is 2. The number of carbonyl (C=O) groups is 2. The fraction of sp³-hybridized carbons (Fsp3) is 0.364. The largest absolute Gasteiger partial charge is 0.368 e. The van der Waals surface area contributed by atoms with Crippen molar-refractivity contribution in [3.8, 4) is 0 Å². The lowest BCUT2D eigenvalue weighted by molar-refractivity contribution is -0.130. The fourth-order valence-electron chi connectivity index (χ4n) is 3.31. The van der Waals surface area contributed by atoms with Crippen LogP contribution in [0, 0.1) is 0 Å². The van der Waals surface area contributed by atoms with Gasteiger partial charge in [0, 0.05) is 50.5 Å². The van der Waals surface area contributed by atoms with Crippen LogP contribution in [0.3, 0.4) is 0 Å². The van der Waals surface area contributed by atoms with Crippen molar-refractivity contribution in [1.82, 2.24) is 10.2 Å². The van der Waals surface area contributed by atoms with Gasteiger partial charge in [0.15, 0.2) is 0 Å². The predicted octanol–water partition coefficient (Wildman–Crippen LogP) is 2.97. The van der Waals surface area contributed by atoms with Crippen molar-refractivity contribution in [3.63, 3.8) is 0 Å². The molecule has 2 aromatic carbocycles. The lowest BCUT2D eigenvalue weighted by atomic mass is 10.1. The van der Waals surface area contributed by atoms with Gasteiger partial charge in [0.2, 0.25) is 11.8 Å². The van der Waals surface area contributed by atoms with E-state index in [2.05, 4.69) is 27.7 Å². The van der Waals surface area contributed by atoms with Gasteiger partial charge in [0.05, 0.1) is 6.42 Å². The van der Waals surface area contributed by atoms with Crippen LogP contribution in [0.25, 0.3) is 0 Å². The molecule has 0 aromatic heterocycles. The van der Waals surface area contributed by atoms with Crippen LogP contribution in [0.15, 0.2) is 54.6 Å². The molecule has 0 unspecified atom stereocenters. The van der Waals surface area contributed by atoms with Crippen LogP contribution >= 0.6 is 24.8 Å². The van der Waals surface area contributed by atoms with Gasteiger partial charge < -0.3 is 20.4 Å². The Bertz CT molecular complexity index is 779. The Kier molecular flexibility index (Phi) is 11.3. The third-order valence-electron chi connectivity index (χ3n) is 4.95. The molecule has 2 aromatic rings. The number of anilines is 2. The summed E-state index contributed by atoms with van der Waals surface area (Å²) < 4.78 is 0. The van der Waals surface area contributed by atoms with Gasteiger partial charge in [0.1, 0.15) is 0 Å². The van der Waals surface area contributed by atoms with E-state index in [1.807, 2.05) is 54.4 Å². The number of nitrogens with one attached hydrogen (secondary N) is 2. The molecular formula is C22H30Cl2N4O2. The Morgan fingerprint density at radius 3 is 2.13 bits per heavy atom. The summed E-state index contributed by atoms with van der Waals surface area (Å²) in [7, 11) is 1.82. The Labute approximate surface area is 190 Å². The van der Waals surface area contributed by atoms with Gasteiger partial charge >= 0.3 is 0 Å². The maximum atomic E-state index is 12.6. The summed E-state index contributed by atoms with van der Waals surface area (Å²) in [6, 6.07) is 17.8. The minimum atomic E-state index is -0.0190. The molecule has 0 spiro atoms. The number of benzene rings is 2. The standard InChI is InChI=1S/C22H28N4O2.2ClH/c1-23-12-11-21(27)24-19-9-7-18(8-10-19)17-22(28)26-15-13-25(14-16-26)20-5-3-2-4-6-20;;/h2-10,23H,11-17H2,1H3,(H,24,27);2*1H. The molecule has 3 rings (SSSR count). The van der Waals surface area contributed by atoms with E-state index in [1.54, 1.807) is 0 Å². The first-order chi connectivity index (χ1) is 13.7. The van der Waals surface area contributed by atoms with E-state index in [9.17, 15) is 9.59 Å². The smallest absolute Gasteiger partial charge is 0.227 e. The maximum absolute atomic E-state index is 12.6. The van der Waals surface area contributed by atoms with Gasteiger partial charge in [-0.05, 0) is 36.9 Å². The lowest BCUT2D eigenvalue weighted by Gasteiger charge is -2.36. The first-order valence-corrected chi connectivity index (χ1v) is 9.77. The number of hydrogen-bond acceptors (Lipinski definition) is 4. The molecular weight excluding hydrogens is 423 g/mol. The Hall–Kier alpha value is -2.28. The highest BCUT2D eigenvalue weighted by molar-refractivity contribution is 5.90. The van der Waals surface area contributed by atoms with Crippen LogP contribution in [-0.4, -0.2) is 56.5 Å². The average Bonchev–Trinajstić information content (AvgIpc) is 2.74. The zero-order chi connectivity index (χ0) is 19.8. The van der Waals surface area contributed by atoms with Crippen LogP contribution in [-0.2, 0) is 16.0 Å². The monoisotopic (exact) mass is 452 g/mol. The van der Waals surface area contributed by atoms with Gasteiger partial charge in [-0.15, -0.1) is 24.8 Å². The summed E-state index contributed by atoms with van der Waals surface area (Å²) in [4.78, 5) is 28.6. The SMILES string of the molecule is CNCCC(=O)Nc1ccc(CC(=O)N2CCN(c3ccccc3)CC2)cc1.Cl.Cl. The number of carbonyl (C=O) groups excluding carboxylic acids is 2. The van der Waals surface area contributed by atoms with E-state index in [1.165, 1.54) is 5.69 Å². The molecule has 2 amide bonds. The summed E-state index contributed by atoms with van der Waals surface area (Å²) in [5.74, 6) is 0.132. The molecule has 1 heterocycles. The van der Waals surface area contributed by atoms with Crippen molar-refractivity contribution < 1.29 is 9.59 Å². The van der Waals surface area contributed by atoms with Crippen LogP contribution in [0.5, 0.6) is 0 Å². The molecule has 1 fully saturated rings. The van der Waals surface area contributed by atoms with E-state index >= 15 is 0 Å². The summed E-state index contributed by atoms with van der Waals surface area (Å²) in [6.45, 7) is 3.84. The van der Waals surface area contributed by atoms with Gasteiger partial charge in [0.25, 0.3) is 0 Å². The summed E-state index contributed by atoms with van der Waals surface area (Å²) in [6.07, 6.45) is 0.824. The van der Waals surface area contributed by atoms with Gasteiger partial charge in [-0.1, -0.05) is 30.3 Å². The molecule has 1 aliphatic heterocycles. The second-order valence-corrected chi connectivity index (χ2v) is 6.98. The number of para-hydroxylation sites is 1. The Morgan fingerprint density at radius 2 is 1.53 bits per heavy atom. The van der Waals surface area contributed by atoms with E-state index in [-0.39, 0.29) is 36.6 Å². The zero-order valence-electron chi connectivity index (χ0n) is 17.2.